The first-order chi connectivity index (χ1) is 47.0. The number of halogens is 22. The van der Waals surface area contributed by atoms with Crippen molar-refractivity contribution in [2.24, 2.45) is 5.73 Å². The molecule has 2 atom stereocenters. The zero-order valence-electron chi connectivity index (χ0n) is 53.6. The van der Waals surface area contributed by atoms with Crippen molar-refractivity contribution in [2.75, 3.05) is 26.4 Å². The Labute approximate surface area is 624 Å². The number of carbonyl (C=O) groups excluding carboxylic acids is 1. The van der Waals surface area contributed by atoms with Gasteiger partial charge < -0.3 is 29.5 Å². The van der Waals surface area contributed by atoms with Crippen LogP contribution in [0.15, 0.2) is 164 Å². The second kappa shape index (κ2) is 45.9. The third-order valence-corrected chi connectivity index (χ3v) is 16.9. The van der Waals surface area contributed by atoms with E-state index in [1.165, 1.54) is 102 Å². The summed E-state index contributed by atoms with van der Waals surface area (Å²) in [5.41, 5.74) is 4.34. The van der Waals surface area contributed by atoms with Gasteiger partial charge in [0.2, 0.25) is 0 Å². The number of aldehydes is 1. The summed E-state index contributed by atoms with van der Waals surface area (Å²) in [5.74, 6) is 0. The Kier molecular flexibility index (Phi) is 42.2. The largest absolute Gasteiger partial charge is 0.501 e. The van der Waals surface area contributed by atoms with Gasteiger partial charge in [-0.25, -0.2) is 9.97 Å². The van der Waals surface area contributed by atoms with E-state index in [0.717, 1.165) is 107 Å². The number of ether oxygens (including phenoxy) is 4. The van der Waals surface area contributed by atoms with E-state index in [9.17, 15) is 83.8 Å². The fourth-order valence-electron chi connectivity index (χ4n) is 6.87. The summed E-state index contributed by atoms with van der Waals surface area (Å²) in [7, 11) is 0. The molecule has 33 heteroatoms. The van der Waals surface area contributed by atoms with E-state index in [-0.39, 0.29) is 4.83 Å². The number of benzene rings is 6. The molecule has 0 aliphatic carbocycles. The van der Waals surface area contributed by atoms with Gasteiger partial charge in [-0.3, -0.25) is 0 Å². The second-order valence-electron chi connectivity index (χ2n) is 19.1. The number of terminal acetylenes is 1. The van der Waals surface area contributed by atoms with Gasteiger partial charge >= 0.3 is 37.1 Å². The second-order valence-corrected chi connectivity index (χ2v) is 25.9. The predicted molar refractivity (Wildman–Crippen MR) is 381 cm³/mol. The maximum atomic E-state index is 12.5. The summed E-state index contributed by atoms with van der Waals surface area (Å²) in [4.78, 5) is 19.9. The van der Waals surface area contributed by atoms with E-state index in [1.54, 1.807) is 25.4 Å². The predicted octanol–water partition coefficient (Wildman–Crippen LogP) is 24.7. The Morgan fingerprint density at radius 3 is 1.18 bits per heavy atom. The molecular formula is C68H63Br3F18IN3O5S3. The van der Waals surface area contributed by atoms with Crippen LogP contribution in [0.4, 0.5) is 79.0 Å². The van der Waals surface area contributed by atoms with E-state index >= 15 is 0 Å². The average molecular weight is 1810 g/mol. The molecule has 0 bridgehead atoms. The molecule has 552 valence electrons. The van der Waals surface area contributed by atoms with E-state index < -0.39 is 81.6 Å². The van der Waals surface area contributed by atoms with Crippen LogP contribution >= 0.6 is 105 Å². The molecule has 0 saturated carbocycles. The molecule has 6 aromatic carbocycles. The Balaban J connectivity index is 0.000000594. The van der Waals surface area contributed by atoms with Crippen LogP contribution < -0.4 is 5.73 Å². The van der Waals surface area contributed by atoms with E-state index in [2.05, 4.69) is 81.1 Å². The van der Waals surface area contributed by atoms with Crippen LogP contribution in [0.25, 0.3) is 27.0 Å². The number of rotatable bonds is 15. The van der Waals surface area contributed by atoms with Gasteiger partial charge in [0.05, 0.1) is 87.6 Å². The summed E-state index contributed by atoms with van der Waals surface area (Å²) in [5, 5.41) is 2.45. The summed E-state index contributed by atoms with van der Waals surface area (Å²) in [6.45, 7) is 13.0. The van der Waals surface area contributed by atoms with Gasteiger partial charge in [-0.05, 0) is 183 Å². The molecular weight excluding hydrogens is 1740 g/mol. The number of aromatic nitrogens is 2. The average Bonchev–Trinajstić information content (AvgIpc) is 1.84. The number of hydrogen-bond acceptors (Lipinski definition) is 10. The van der Waals surface area contributed by atoms with Gasteiger partial charge in [-0.15, -0.1) is 22.7 Å². The number of nitrogens with two attached hydrogens (primary N) is 1. The Bertz CT molecular complexity index is 3690. The molecule has 8 rings (SSSR count). The maximum Gasteiger partial charge on any atom is 0.416 e. The summed E-state index contributed by atoms with van der Waals surface area (Å²) in [6, 6.07) is 29.5. The first-order valence-corrected chi connectivity index (χ1v) is 34.8. The molecule has 0 fully saturated rings. The van der Waals surface area contributed by atoms with Gasteiger partial charge in [-0.2, -0.15) is 79.0 Å². The van der Waals surface area contributed by atoms with Crippen LogP contribution in [0.2, 0.25) is 0 Å². The van der Waals surface area contributed by atoms with Crippen LogP contribution in [0.1, 0.15) is 104 Å². The first-order valence-electron chi connectivity index (χ1n) is 28.7. The highest BCUT2D eigenvalue weighted by Crippen LogP contribution is 2.38. The fraction of sp³-hybridized carbons (Fsp3) is 0.294. The monoisotopic (exact) mass is 1800 g/mol. The molecule has 0 aliphatic rings. The summed E-state index contributed by atoms with van der Waals surface area (Å²) in [6.07, 6.45) is -12.5. The van der Waals surface area contributed by atoms with Gasteiger partial charge in [0, 0.05) is 29.2 Å². The van der Waals surface area contributed by atoms with E-state index in [1.807, 2.05) is 63.3 Å². The minimum Gasteiger partial charge on any atom is -0.501 e. The van der Waals surface area contributed by atoms with E-state index in [0.29, 0.717) is 59.7 Å². The number of alkyl halides is 21. The lowest BCUT2D eigenvalue weighted by atomic mass is 10.1. The van der Waals surface area contributed by atoms with Crippen molar-refractivity contribution in [1.29, 1.82) is 0 Å². The minimum absolute atomic E-state index is 0.310. The quantitative estimate of drug-likeness (QED) is 0.0157. The number of hydrogen-bond donors (Lipinski definition) is 1. The van der Waals surface area contributed by atoms with Crippen LogP contribution in [-0.4, -0.2) is 54.0 Å². The smallest absolute Gasteiger partial charge is 0.416 e. The third kappa shape index (κ3) is 37.8. The van der Waals surface area contributed by atoms with Crippen molar-refractivity contribution in [3.63, 3.8) is 0 Å². The van der Waals surface area contributed by atoms with Gasteiger partial charge in [0.1, 0.15) is 17.4 Å². The molecule has 101 heavy (non-hydrogen) atoms. The Morgan fingerprint density at radius 2 is 0.891 bits per heavy atom. The minimum atomic E-state index is -4.33. The molecule has 0 spiro atoms. The number of thiocarbonyl (C=S) groups is 1. The standard InChI is InChI=1S/C13H16BrF3O2.C11H7BrF3NS.C11H8F3NS.C11H11F3O.C9H6BrF3O.C7H4F3I.C4H6O.C2H5NS/c1-3-18-12(19-4-2)11(14)9-5-7-10(8-6-9)13(15,16)17;12-5-10-16-6-9(17-10)7-1-3-8(4-2-7)11(13,14)15;1-7-15-6-10(16-7)8-2-4-9(5-3-8)11(12,13)14;1-2-15-8-7-9-3-5-10(6-4-9)11(12,13)14;10-8(5-14)6-1-3-7(4-2-6)9(11,12)13;8-7(9,10)5-1-3-6(11)4-2-5;1-3-5-4-2;1-2(3)4/h5-8,11-12H,3-4H2,1-2H3;1-4,6H,5H2;2-6H,1H3;3-8H,2H2,1H3;1-5,8H;1-4H;1H,4H2,2H3;1H3,(H2,3,4)/b;;;8-7+;;;;. The molecule has 2 heterocycles. The summed E-state index contributed by atoms with van der Waals surface area (Å²) < 4.78 is 241. The van der Waals surface area contributed by atoms with E-state index in [4.69, 9.17) is 19.9 Å². The highest BCUT2D eigenvalue weighted by atomic mass is 127. The van der Waals surface area contributed by atoms with Gasteiger partial charge in [-0.1, -0.05) is 127 Å². The Morgan fingerprint density at radius 1 is 0.554 bits per heavy atom. The Hall–Kier alpha value is -6.13. The molecule has 0 aliphatic heterocycles. The lowest BCUT2D eigenvalue weighted by Gasteiger charge is -2.22. The van der Waals surface area contributed by atoms with Crippen molar-refractivity contribution < 1.29 is 103 Å². The number of aryl methyl sites for hydroxylation is 1. The summed E-state index contributed by atoms with van der Waals surface area (Å²) >= 11 is 18.9. The lowest BCUT2D eigenvalue weighted by Crippen LogP contribution is -2.22. The van der Waals surface area contributed by atoms with Crippen molar-refractivity contribution in [3.8, 4) is 33.4 Å². The highest BCUT2D eigenvalue weighted by Gasteiger charge is 2.34. The fourth-order valence-corrected chi connectivity index (χ4v) is 10.2. The molecule has 2 aromatic heterocycles. The molecule has 0 radical (unpaired) electrons. The SMILES string of the molecule is C#COCC.CC(N)=S.CCO/C=C/c1ccc(C(F)(F)F)cc1.CCOC(OCC)C(Br)c1ccc(C(F)(F)F)cc1.Cc1ncc(-c2ccc(C(F)(F)F)cc2)s1.FC(F)(F)c1ccc(-c2cnc(CBr)s2)cc1.FC(F)(F)c1ccc(I)cc1.O=CC(Br)c1ccc(C(F)(F)F)cc1. The normalized spacial score (nSPS) is 11.9. The molecule has 2 N–H and O–H groups in total. The van der Waals surface area contributed by atoms with Crippen molar-refractivity contribution in [3.05, 3.63) is 228 Å². The number of nitrogens with zero attached hydrogens (tertiary/aromatic N) is 2. The topological polar surface area (TPSA) is 106 Å². The molecule has 0 saturated heterocycles. The number of carbonyl (C=O) groups is 1. The molecule has 2 unspecified atom stereocenters. The molecule has 0 amide bonds. The molecule has 8 nitrogen and oxygen atoms in total. The first kappa shape index (κ1) is 92.9. The van der Waals surface area contributed by atoms with Crippen molar-refractivity contribution >= 4 is 123 Å². The zero-order valence-corrected chi connectivity index (χ0v) is 63.0. The van der Waals surface area contributed by atoms with Crippen LogP contribution in [0.5, 0.6) is 0 Å². The van der Waals surface area contributed by atoms with Crippen LogP contribution in [-0.2, 0) is 66.1 Å². The van der Waals surface area contributed by atoms with Gasteiger partial charge in [0.15, 0.2) is 6.29 Å². The van der Waals surface area contributed by atoms with Crippen LogP contribution in [0.3, 0.4) is 0 Å². The number of thiazole rings is 2. The van der Waals surface area contributed by atoms with Gasteiger partial charge in [0.25, 0.3) is 0 Å². The van der Waals surface area contributed by atoms with Crippen molar-refractivity contribution in [2.45, 2.75) is 99.9 Å². The highest BCUT2D eigenvalue weighted by molar-refractivity contribution is 14.1. The zero-order chi connectivity index (χ0) is 77.0. The molecule has 8 aromatic rings. The lowest BCUT2D eigenvalue weighted by molar-refractivity contribution is -0.138. The van der Waals surface area contributed by atoms with Crippen LogP contribution in [0, 0.1) is 23.0 Å². The maximum absolute atomic E-state index is 12.5. The third-order valence-electron chi connectivity index (χ3n) is 11.6. The van der Waals surface area contributed by atoms with Crippen molar-refractivity contribution in [1.82, 2.24) is 9.97 Å².